The highest BCUT2D eigenvalue weighted by molar-refractivity contribution is 4.86. The second-order valence-electron chi connectivity index (χ2n) is 4.82. The summed E-state index contributed by atoms with van der Waals surface area (Å²) in [7, 11) is 4.24. The number of nitriles is 1. The number of piperidine rings is 1. The van der Waals surface area contributed by atoms with Crippen molar-refractivity contribution >= 4 is 0 Å². The molecule has 1 heterocycles. The standard InChI is InChI=1S/C12H23N3/c1-11(10-13)15(3)9-6-12-4-7-14(2)8-5-12/h11-12H,4-9H2,1-3H3. The summed E-state index contributed by atoms with van der Waals surface area (Å²) >= 11 is 0. The van der Waals surface area contributed by atoms with Crippen molar-refractivity contribution in [3.05, 3.63) is 0 Å². The van der Waals surface area contributed by atoms with Gasteiger partial charge in [-0.1, -0.05) is 0 Å². The second kappa shape index (κ2) is 6.09. The Kier molecular flexibility index (Phi) is 5.07. The van der Waals surface area contributed by atoms with Gasteiger partial charge >= 0.3 is 0 Å². The highest BCUT2D eigenvalue weighted by atomic mass is 15.1. The van der Waals surface area contributed by atoms with E-state index in [0.717, 1.165) is 12.5 Å². The third-order valence-corrected chi connectivity index (χ3v) is 3.58. The number of likely N-dealkylation sites (tertiary alicyclic amines) is 1. The summed E-state index contributed by atoms with van der Waals surface area (Å²) in [6.45, 7) is 5.50. The van der Waals surface area contributed by atoms with Crippen LogP contribution in [0.15, 0.2) is 0 Å². The van der Waals surface area contributed by atoms with E-state index in [9.17, 15) is 0 Å². The minimum absolute atomic E-state index is 0.0521. The number of rotatable bonds is 4. The monoisotopic (exact) mass is 209 g/mol. The van der Waals surface area contributed by atoms with Gasteiger partial charge in [0.1, 0.15) is 0 Å². The Morgan fingerprint density at radius 3 is 2.60 bits per heavy atom. The summed E-state index contributed by atoms with van der Waals surface area (Å²) < 4.78 is 0. The van der Waals surface area contributed by atoms with Gasteiger partial charge in [-0.05, 0) is 65.8 Å². The van der Waals surface area contributed by atoms with Gasteiger partial charge in [-0.25, -0.2) is 0 Å². The molecule has 0 aromatic rings. The Morgan fingerprint density at radius 2 is 2.07 bits per heavy atom. The average Bonchev–Trinajstić information content (AvgIpc) is 2.26. The third kappa shape index (κ3) is 4.19. The molecule has 0 spiro atoms. The minimum atomic E-state index is 0.0521. The van der Waals surface area contributed by atoms with Crippen LogP contribution in [-0.2, 0) is 0 Å². The smallest absolute Gasteiger partial charge is 0.0946 e. The van der Waals surface area contributed by atoms with Crippen LogP contribution in [0.25, 0.3) is 0 Å². The van der Waals surface area contributed by atoms with Crippen molar-refractivity contribution in [3.8, 4) is 6.07 Å². The predicted molar refractivity (Wildman–Crippen MR) is 62.5 cm³/mol. The summed E-state index contributed by atoms with van der Waals surface area (Å²) in [6, 6.07) is 2.33. The molecule has 0 saturated carbocycles. The molecule has 3 nitrogen and oxygen atoms in total. The Balaban J connectivity index is 2.17. The van der Waals surface area contributed by atoms with Gasteiger partial charge in [-0.3, -0.25) is 4.90 Å². The lowest BCUT2D eigenvalue weighted by Crippen LogP contribution is -2.34. The van der Waals surface area contributed by atoms with E-state index in [2.05, 4.69) is 22.9 Å². The molecule has 1 rings (SSSR count). The van der Waals surface area contributed by atoms with Crippen LogP contribution in [0, 0.1) is 17.2 Å². The first-order chi connectivity index (χ1) is 7.13. The Hall–Kier alpha value is -0.590. The van der Waals surface area contributed by atoms with Crippen molar-refractivity contribution in [1.29, 1.82) is 5.26 Å². The van der Waals surface area contributed by atoms with E-state index in [1.165, 1.54) is 32.4 Å². The first-order valence-electron chi connectivity index (χ1n) is 5.92. The van der Waals surface area contributed by atoms with Gasteiger partial charge in [-0.15, -0.1) is 0 Å². The quantitative estimate of drug-likeness (QED) is 0.704. The molecule has 1 fully saturated rings. The molecule has 1 unspecified atom stereocenters. The lowest BCUT2D eigenvalue weighted by atomic mass is 9.93. The average molecular weight is 209 g/mol. The van der Waals surface area contributed by atoms with Crippen LogP contribution < -0.4 is 0 Å². The van der Waals surface area contributed by atoms with Crippen LogP contribution >= 0.6 is 0 Å². The highest BCUT2D eigenvalue weighted by Crippen LogP contribution is 2.19. The first kappa shape index (κ1) is 12.5. The first-order valence-corrected chi connectivity index (χ1v) is 5.92. The van der Waals surface area contributed by atoms with Crippen molar-refractivity contribution < 1.29 is 0 Å². The van der Waals surface area contributed by atoms with Gasteiger partial charge in [-0.2, -0.15) is 5.26 Å². The van der Waals surface area contributed by atoms with E-state index >= 15 is 0 Å². The molecule has 1 atom stereocenters. The van der Waals surface area contributed by atoms with Crippen molar-refractivity contribution in [2.24, 2.45) is 5.92 Å². The van der Waals surface area contributed by atoms with E-state index in [4.69, 9.17) is 5.26 Å². The summed E-state index contributed by atoms with van der Waals surface area (Å²) in [5.74, 6) is 0.870. The predicted octanol–water partition coefficient (Wildman–Crippen LogP) is 1.56. The summed E-state index contributed by atoms with van der Waals surface area (Å²) in [6.07, 6.45) is 3.90. The molecule has 3 heteroatoms. The van der Waals surface area contributed by atoms with Crippen LogP contribution in [0.1, 0.15) is 26.2 Å². The molecule has 0 amide bonds. The topological polar surface area (TPSA) is 30.3 Å². The molecule has 0 aliphatic carbocycles. The fraction of sp³-hybridized carbons (Fsp3) is 0.917. The lowest BCUT2D eigenvalue weighted by molar-refractivity contribution is 0.191. The Labute approximate surface area is 93.7 Å². The maximum atomic E-state index is 8.78. The molecule has 1 saturated heterocycles. The molecule has 0 aromatic carbocycles. The van der Waals surface area contributed by atoms with Crippen LogP contribution in [0.5, 0.6) is 0 Å². The molecule has 0 bridgehead atoms. The SMILES string of the molecule is CC(C#N)N(C)CCC1CCN(C)CC1. The van der Waals surface area contributed by atoms with Crippen LogP contribution in [0.3, 0.4) is 0 Å². The van der Waals surface area contributed by atoms with Gasteiger partial charge in [0.25, 0.3) is 0 Å². The highest BCUT2D eigenvalue weighted by Gasteiger charge is 2.17. The fourth-order valence-electron chi connectivity index (χ4n) is 2.03. The molecule has 86 valence electrons. The van der Waals surface area contributed by atoms with Crippen molar-refractivity contribution in [3.63, 3.8) is 0 Å². The molecule has 15 heavy (non-hydrogen) atoms. The van der Waals surface area contributed by atoms with Gasteiger partial charge in [0.05, 0.1) is 12.1 Å². The molecule has 0 aromatic heterocycles. The third-order valence-electron chi connectivity index (χ3n) is 3.58. The van der Waals surface area contributed by atoms with Gasteiger partial charge in [0.15, 0.2) is 0 Å². The van der Waals surface area contributed by atoms with Gasteiger partial charge in [0, 0.05) is 0 Å². The molecular formula is C12H23N3. The van der Waals surface area contributed by atoms with Crippen LogP contribution in [0.4, 0.5) is 0 Å². The maximum Gasteiger partial charge on any atom is 0.0946 e. The van der Waals surface area contributed by atoms with Crippen molar-refractivity contribution in [2.75, 3.05) is 33.7 Å². The van der Waals surface area contributed by atoms with Crippen LogP contribution in [0.2, 0.25) is 0 Å². The summed E-state index contributed by atoms with van der Waals surface area (Å²) in [4.78, 5) is 4.55. The maximum absolute atomic E-state index is 8.78. The van der Waals surface area contributed by atoms with Crippen molar-refractivity contribution in [2.45, 2.75) is 32.2 Å². The van der Waals surface area contributed by atoms with Crippen molar-refractivity contribution in [1.82, 2.24) is 9.80 Å². The molecule has 0 radical (unpaired) electrons. The zero-order valence-corrected chi connectivity index (χ0v) is 10.2. The fourth-order valence-corrected chi connectivity index (χ4v) is 2.03. The Bertz CT molecular complexity index is 213. The molecule has 0 N–H and O–H groups in total. The summed E-state index contributed by atoms with van der Waals surface area (Å²) in [5.41, 5.74) is 0. The van der Waals surface area contributed by atoms with Crippen LogP contribution in [-0.4, -0.2) is 49.6 Å². The van der Waals surface area contributed by atoms with E-state index in [-0.39, 0.29) is 6.04 Å². The largest absolute Gasteiger partial charge is 0.306 e. The minimum Gasteiger partial charge on any atom is -0.306 e. The zero-order valence-electron chi connectivity index (χ0n) is 10.2. The molecular weight excluding hydrogens is 186 g/mol. The zero-order chi connectivity index (χ0) is 11.3. The Morgan fingerprint density at radius 1 is 1.47 bits per heavy atom. The molecule has 1 aliphatic heterocycles. The van der Waals surface area contributed by atoms with E-state index in [1.807, 2.05) is 14.0 Å². The van der Waals surface area contributed by atoms with Gasteiger partial charge < -0.3 is 4.90 Å². The number of nitrogens with zero attached hydrogens (tertiary/aromatic N) is 3. The van der Waals surface area contributed by atoms with Gasteiger partial charge in [0.2, 0.25) is 0 Å². The second-order valence-corrected chi connectivity index (χ2v) is 4.82. The van der Waals surface area contributed by atoms with E-state index in [0.29, 0.717) is 0 Å². The van der Waals surface area contributed by atoms with E-state index < -0.39 is 0 Å². The lowest BCUT2D eigenvalue weighted by Gasteiger charge is -2.30. The number of hydrogen-bond donors (Lipinski definition) is 0. The normalized spacial score (nSPS) is 21.5. The molecule has 1 aliphatic rings. The number of hydrogen-bond acceptors (Lipinski definition) is 3. The summed E-state index contributed by atoms with van der Waals surface area (Å²) in [5, 5.41) is 8.78. The van der Waals surface area contributed by atoms with E-state index in [1.54, 1.807) is 0 Å².